The van der Waals surface area contributed by atoms with E-state index in [4.69, 9.17) is 9.47 Å². The Morgan fingerprint density at radius 1 is 0.923 bits per heavy atom. The zero-order valence-electron chi connectivity index (χ0n) is 14.6. The maximum absolute atomic E-state index is 12.2. The number of amides is 1. The first-order valence-corrected chi connectivity index (χ1v) is 8.90. The average Bonchev–Trinajstić information content (AvgIpc) is 3.14. The van der Waals surface area contributed by atoms with E-state index in [0.717, 1.165) is 23.6 Å². The Bertz CT molecular complexity index is 860. The highest BCUT2D eigenvalue weighted by atomic mass is 32.1. The molecule has 1 amide bonds. The number of ether oxygens (including phenoxy) is 2. The van der Waals surface area contributed by atoms with E-state index in [1.807, 2.05) is 24.3 Å². The van der Waals surface area contributed by atoms with Crippen molar-refractivity contribution < 1.29 is 14.3 Å². The van der Waals surface area contributed by atoms with Crippen molar-refractivity contribution in [1.29, 1.82) is 0 Å². The zero-order chi connectivity index (χ0) is 18.4. The fraction of sp³-hybridized carbons (Fsp3) is 0.211. The standard InChI is InChI=1S/C19H19N3O3S/c1-24-15-8-3-13(4-9-15)5-12-17-21-22-19(26-17)20-18(23)14-6-10-16(25-2)11-7-14/h3-4,6-11H,5,12H2,1-2H3,(H,20,22,23). The van der Waals surface area contributed by atoms with Crippen molar-refractivity contribution in [1.82, 2.24) is 10.2 Å². The van der Waals surface area contributed by atoms with Gasteiger partial charge in [-0.3, -0.25) is 10.1 Å². The topological polar surface area (TPSA) is 73.3 Å². The van der Waals surface area contributed by atoms with Crippen LogP contribution in [0.15, 0.2) is 48.5 Å². The molecule has 0 saturated heterocycles. The van der Waals surface area contributed by atoms with Gasteiger partial charge in [-0.15, -0.1) is 10.2 Å². The van der Waals surface area contributed by atoms with Crippen LogP contribution in [0.1, 0.15) is 20.9 Å². The van der Waals surface area contributed by atoms with Crippen LogP contribution >= 0.6 is 11.3 Å². The van der Waals surface area contributed by atoms with Crippen LogP contribution in [-0.4, -0.2) is 30.3 Å². The summed E-state index contributed by atoms with van der Waals surface area (Å²) < 4.78 is 10.2. The number of methoxy groups -OCH3 is 2. The summed E-state index contributed by atoms with van der Waals surface area (Å²) in [6.45, 7) is 0. The molecule has 0 radical (unpaired) electrons. The molecule has 0 aliphatic carbocycles. The molecule has 0 unspecified atom stereocenters. The highest BCUT2D eigenvalue weighted by Gasteiger charge is 2.10. The number of carbonyl (C=O) groups excluding carboxylic acids is 1. The molecule has 0 aliphatic heterocycles. The van der Waals surface area contributed by atoms with E-state index in [-0.39, 0.29) is 5.91 Å². The predicted octanol–water partition coefficient (Wildman–Crippen LogP) is 3.59. The van der Waals surface area contributed by atoms with Crippen molar-refractivity contribution in [3.63, 3.8) is 0 Å². The second-order valence-electron chi connectivity index (χ2n) is 5.53. The van der Waals surface area contributed by atoms with E-state index in [9.17, 15) is 4.79 Å². The van der Waals surface area contributed by atoms with E-state index in [1.54, 1.807) is 38.5 Å². The quantitative estimate of drug-likeness (QED) is 0.689. The largest absolute Gasteiger partial charge is 0.497 e. The number of aryl methyl sites for hydroxylation is 2. The molecule has 0 spiro atoms. The smallest absolute Gasteiger partial charge is 0.257 e. The number of carbonyl (C=O) groups is 1. The monoisotopic (exact) mass is 369 g/mol. The molecule has 1 heterocycles. The third kappa shape index (κ3) is 4.58. The molecule has 2 aromatic carbocycles. The number of anilines is 1. The zero-order valence-corrected chi connectivity index (χ0v) is 15.4. The number of rotatable bonds is 7. The van der Waals surface area contributed by atoms with Gasteiger partial charge in [-0.1, -0.05) is 23.5 Å². The van der Waals surface area contributed by atoms with Gasteiger partial charge in [0.25, 0.3) is 5.91 Å². The van der Waals surface area contributed by atoms with Gasteiger partial charge in [-0.05, 0) is 48.4 Å². The fourth-order valence-electron chi connectivity index (χ4n) is 2.36. The van der Waals surface area contributed by atoms with Crippen molar-refractivity contribution in [3.05, 3.63) is 64.7 Å². The van der Waals surface area contributed by atoms with E-state index in [0.29, 0.717) is 16.4 Å². The van der Waals surface area contributed by atoms with E-state index >= 15 is 0 Å². The summed E-state index contributed by atoms with van der Waals surface area (Å²) in [5, 5.41) is 12.3. The summed E-state index contributed by atoms with van der Waals surface area (Å²) >= 11 is 1.39. The third-order valence-electron chi connectivity index (χ3n) is 3.83. The predicted molar refractivity (Wildman–Crippen MR) is 101 cm³/mol. The summed E-state index contributed by atoms with van der Waals surface area (Å²) in [5.41, 5.74) is 1.74. The molecule has 0 aliphatic rings. The molecule has 134 valence electrons. The van der Waals surface area contributed by atoms with E-state index < -0.39 is 0 Å². The van der Waals surface area contributed by atoms with Crippen LogP contribution in [0.3, 0.4) is 0 Å². The minimum Gasteiger partial charge on any atom is -0.497 e. The van der Waals surface area contributed by atoms with Gasteiger partial charge in [0.05, 0.1) is 14.2 Å². The lowest BCUT2D eigenvalue weighted by Gasteiger charge is -2.03. The number of hydrogen-bond acceptors (Lipinski definition) is 6. The lowest BCUT2D eigenvalue weighted by atomic mass is 10.1. The van der Waals surface area contributed by atoms with Gasteiger partial charge in [0.2, 0.25) is 5.13 Å². The minimum atomic E-state index is -0.217. The molecule has 26 heavy (non-hydrogen) atoms. The van der Waals surface area contributed by atoms with Crippen LogP contribution in [0, 0.1) is 0 Å². The molecule has 0 bridgehead atoms. The van der Waals surface area contributed by atoms with Crippen LogP contribution in [0.4, 0.5) is 5.13 Å². The molecule has 3 rings (SSSR count). The Kier molecular flexibility index (Phi) is 5.80. The summed E-state index contributed by atoms with van der Waals surface area (Å²) in [6.07, 6.45) is 1.62. The normalized spacial score (nSPS) is 10.4. The van der Waals surface area contributed by atoms with E-state index in [2.05, 4.69) is 15.5 Å². The molecule has 1 aromatic heterocycles. The van der Waals surface area contributed by atoms with Crippen molar-refractivity contribution in [2.45, 2.75) is 12.8 Å². The molecular weight excluding hydrogens is 350 g/mol. The number of benzene rings is 2. The van der Waals surface area contributed by atoms with Crippen LogP contribution in [0.25, 0.3) is 0 Å². The first-order chi connectivity index (χ1) is 12.7. The van der Waals surface area contributed by atoms with Crippen molar-refractivity contribution in [2.75, 3.05) is 19.5 Å². The number of hydrogen-bond donors (Lipinski definition) is 1. The second-order valence-corrected chi connectivity index (χ2v) is 6.59. The Hall–Kier alpha value is -2.93. The summed E-state index contributed by atoms with van der Waals surface area (Å²) in [5.74, 6) is 1.33. The Labute approximate surface area is 155 Å². The second kappa shape index (κ2) is 8.44. The van der Waals surface area contributed by atoms with Crippen molar-refractivity contribution in [3.8, 4) is 11.5 Å². The number of aromatic nitrogens is 2. The number of nitrogens with zero attached hydrogens (tertiary/aromatic N) is 2. The van der Waals surface area contributed by atoms with Gasteiger partial charge in [0.15, 0.2) is 0 Å². The van der Waals surface area contributed by atoms with Gasteiger partial charge < -0.3 is 9.47 Å². The highest BCUT2D eigenvalue weighted by molar-refractivity contribution is 7.15. The first kappa shape index (κ1) is 17.9. The molecule has 0 saturated carbocycles. The molecule has 0 atom stereocenters. The number of nitrogens with one attached hydrogen (secondary N) is 1. The van der Waals surface area contributed by atoms with Crippen LogP contribution in [-0.2, 0) is 12.8 Å². The van der Waals surface area contributed by atoms with Gasteiger partial charge in [0.1, 0.15) is 16.5 Å². The van der Waals surface area contributed by atoms with Gasteiger partial charge in [0, 0.05) is 12.0 Å². The lowest BCUT2D eigenvalue weighted by molar-refractivity contribution is 0.102. The van der Waals surface area contributed by atoms with Crippen molar-refractivity contribution >= 4 is 22.4 Å². The molecule has 1 N–H and O–H groups in total. The Morgan fingerprint density at radius 2 is 1.54 bits per heavy atom. The van der Waals surface area contributed by atoms with E-state index in [1.165, 1.54) is 16.9 Å². The average molecular weight is 369 g/mol. The van der Waals surface area contributed by atoms with Gasteiger partial charge in [-0.25, -0.2) is 0 Å². The molecule has 0 fully saturated rings. The molecule has 7 heteroatoms. The summed E-state index contributed by atoms with van der Waals surface area (Å²) in [7, 11) is 3.24. The third-order valence-corrected chi connectivity index (χ3v) is 4.72. The minimum absolute atomic E-state index is 0.217. The summed E-state index contributed by atoms with van der Waals surface area (Å²) in [6, 6.07) is 14.9. The molecule has 6 nitrogen and oxygen atoms in total. The maximum atomic E-state index is 12.2. The van der Waals surface area contributed by atoms with Crippen molar-refractivity contribution in [2.24, 2.45) is 0 Å². The Balaban J connectivity index is 1.55. The van der Waals surface area contributed by atoms with Crippen LogP contribution < -0.4 is 14.8 Å². The summed E-state index contributed by atoms with van der Waals surface area (Å²) in [4.78, 5) is 12.2. The van der Waals surface area contributed by atoms with Gasteiger partial charge >= 0.3 is 0 Å². The lowest BCUT2D eigenvalue weighted by Crippen LogP contribution is -2.11. The van der Waals surface area contributed by atoms with Gasteiger partial charge in [-0.2, -0.15) is 0 Å². The SMILES string of the molecule is COc1ccc(CCc2nnc(NC(=O)c3ccc(OC)cc3)s2)cc1. The molecular formula is C19H19N3O3S. The fourth-order valence-corrected chi connectivity index (χ4v) is 3.09. The Morgan fingerprint density at radius 3 is 2.15 bits per heavy atom. The maximum Gasteiger partial charge on any atom is 0.257 e. The first-order valence-electron chi connectivity index (χ1n) is 8.08. The van der Waals surface area contributed by atoms with Crippen LogP contribution in [0.2, 0.25) is 0 Å². The molecule has 3 aromatic rings. The van der Waals surface area contributed by atoms with Crippen LogP contribution in [0.5, 0.6) is 11.5 Å². The highest BCUT2D eigenvalue weighted by Crippen LogP contribution is 2.20.